The van der Waals surface area contributed by atoms with E-state index in [4.69, 9.17) is 0 Å². The fraction of sp³-hybridized carbons (Fsp3) is 0.476. The lowest BCUT2D eigenvalue weighted by Gasteiger charge is -2.36. The molecular weight excluding hydrogens is 357 g/mol. The maximum Gasteiger partial charge on any atom is 0.272 e. The number of hydrogen-bond acceptors (Lipinski definition) is 5. The standard InChI is InChI=1S/C21H26FN5O/c22-16-6-8-18(9-7-16)26-12-14-27(15-13-26)20(28)19-10-11-23-21(25-19)24-17-4-2-1-3-5-17/h6-11,17H,1-5,12-15H2,(H,23,24,25). The summed E-state index contributed by atoms with van der Waals surface area (Å²) in [5.41, 5.74) is 1.41. The number of amides is 1. The van der Waals surface area contributed by atoms with E-state index in [1.165, 1.54) is 31.4 Å². The van der Waals surface area contributed by atoms with Crippen LogP contribution in [0, 0.1) is 5.82 Å². The fourth-order valence-corrected chi connectivity index (χ4v) is 3.96. The van der Waals surface area contributed by atoms with Crippen LogP contribution in [-0.4, -0.2) is 53.0 Å². The van der Waals surface area contributed by atoms with E-state index in [-0.39, 0.29) is 11.7 Å². The molecule has 6 nitrogen and oxygen atoms in total. The number of benzene rings is 1. The highest BCUT2D eigenvalue weighted by Gasteiger charge is 2.24. The molecule has 0 unspecified atom stereocenters. The molecule has 4 rings (SSSR count). The molecule has 2 fully saturated rings. The van der Waals surface area contributed by atoms with Gasteiger partial charge < -0.3 is 15.1 Å². The van der Waals surface area contributed by atoms with Gasteiger partial charge in [-0.05, 0) is 43.2 Å². The minimum atomic E-state index is -0.237. The largest absolute Gasteiger partial charge is 0.368 e. The maximum absolute atomic E-state index is 13.1. The third kappa shape index (κ3) is 4.40. The molecule has 1 saturated heterocycles. The van der Waals surface area contributed by atoms with Crippen molar-refractivity contribution in [1.82, 2.24) is 14.9 Å². The molecule has 0 atom stereocenters. The SMILES string of the molecule is O=C(c1ccnc(NC2CCCCC2)n1)N1CCN(c2ccc(F)cc2)CC1. The van der Waals surface area contributed by atoms with E-state index in [0.29, 0.717) is 30.8 Å². The first kappa shape index (κ1) is 18.7. The molecule has 0 radical (unpaired) electrons. The molecule has 148 valence electrons. The average Bonchev–Trinajstić information content (AvgIpc) is 2.75. The number of hydrogen-bond donors (Lipinski definition) is 1. The number of nitrogens with zero attached hydrogens (tertiary/aromatic N) is 4. The molecule has 1 N–H and O–H groups in total. The highest BCUT2D eigenvalue weighted by atomic mass is 19.1. The van der Waals surface area contributed by atoms with Crippen molar-refractivity contribution in [3.8, 4) is 0 Å². The second-order valence-corrected chi connectivity index (χ2v) is 7.50. The highest BCUT2D eigenvalue weighted by molar-refractivity contribution is 5.92. The Labute approximate surface area is 164 Å². The summed E-state index contributed by atoms with van der Waals surface area (Å²) in [5.74, 6) is 0.245. The van der Waals surface area contributed by atoms with Gasteiger partial charge in [0.2, 0.25) is 5.95 Å². The van der Waals surface area contributed by atoms with Gasteiger partial charge in [-0.1, -0.05) is 19.3 Å². The van der Waals surface area contributed by atoms with Crippen LogP contribution >= 0.6 is 0 Å². The van der Waals surface area contributed by atoms with Gasteiger partial charge in [0, 0.05) is 44.1 Å². The van der Waals surface area contributed by atoms with Crippen LogP contribution in [0.5, 0.6) is 0 Å². The van der Waals surface area contributed by atoms with Crippen LogP contribution in [0.1, 0.15) is 42.6 Å². The van der Waals surface area contributed by atoms with E-state index < -0.39 is 0 Å². The Morgan fingerprint density at radius 2 is 1.71 bits per heavy atom. The Bertz CT molecular complexity index is 799. The summed E-state index contributed by atoms with van der Waals surface area (Å²) >= 11 is 0. The first-order chi connectivity index (χ1) is 13.7. The zero-order valence-electron chi connectivity index (χ0n) is 16.0. The first-order valence-electron chi connectivity index (χ1n) is 10.1. The van der Waals surface area contributed by atoms with Crippen molar-refractivity contribution < 1.29 is 9.18 Å². The molecule has 0 bridgehead atoms. The second kappa shape index (κ2) is 8.54. The van der Waals surface area contributed by atoms with Gasteiger partial charge in [-0.3, -0.25) is 4.79 Å². The number of halogens is 1. The molecule has 1 aromatic carbocycles. The minimum Gasteiger partial charge on any atom is -0.368 e. The zero-order chi connectivity index (χ0) is 19.3. The highest BCUT2D eigenvalue weighted by Crippen LogP contribution is 2.21. The van der Waals surface area contributed by atoms with Gasteiger partial charge in [0.05, 0.1) is 0 Å². The van der Waals surface area contributed by atoms with Gasteiger partial charge in [-0.2, -0.15) is 0 Å². The quantitative estimate of drug-likeness (QED) is 0.878. The molecule has 1 amide bonds. The molecular formula is C21H26FN5O. The van der Waals surface area contributed by atoms with Gasteiger partial charge in [-0.25, -0.2) is 14.4 Å². The number of aromatic nitrogens is 2. The average molecular weight is 383 g/mol. The summed E-state index contributed by atoms with van der Waals surface area (Å²) in [4.78, 5) is 25.6. The number of anilines is 2. The fourth-order valence-electron chi connectivity index (χ4n) is 3.96. The van der Waals surface area contributed by atoms with E-state index >= 15 is 0 Å². The summed E-state index contributed by atoms with van der Waals surface area (Å²) in [6, 6.07) is 8.57. The normalized spacial score (nSPS) is 18.2. The number of piperazine rings is 1. The Morgan fingerprint density at radius 1 is 1.00 bits per heavy atom. The number of carbonyl (C=O) groups excluding carboxylic acids is 1. The molecule has 2 aliphatic rings. The van der Waals surface area contributed by atoms with Crippen molar-refractivity contribution in [2.24, 2.45) is 0 Å². The minimum absolute atomic E-state index is 0.0622. The van der Waals surface area contributed by atoms with E-state index in [1.807, 2.05) is 4.90 Å². The van der Waals surface area contributed by atoms with Crippen molar-refractivity contribution in [2.75, 3.05) is 36.4 Å². The Morgan fingerprint density at radius 3 is 2.43 bits per heavy atom. The Hall–Kier alpha value is -2.70. The molecule has 1 saturated carbocycles. The molecule has 0 spiro atoms. The van der Waals surface area contributed by atoms with E-state index in [0.717, 1.165) is 31.6 Å². The second-order valence-electron chi connectivity index (χ2n) is 7.50. The van der Waals surface area contributed by atoms with Gasteiger partial charge in [0.15, 0.2) is 0 Å². The summed E-state index contributed by atoms with van der Waals surface area (Å²) in [6.45, 7) is 2.67. The molecule has 2 aromatic rings. The van der Waals surface area contributed by atoms with Crippen LogP contribution in [0.3, 0.4) is 0 Å². The van der Waals surface area contributed by atoms with Gasteiger partial charge in [0.1, 0.15) is 11.5 Å². The van der Waals surface area contributed by atoms with E-state index in [1.54, 1.807) is 24.4 Å². The Kier molecular flexibility index (Phi) is 5.69. The zero-order valence-corrected chi connectivity index (χ0v) is 16.0. The smallest absolute Gasteiger partial charge is 0.272 e. The summed E-state index contributed by atoms with van der Waals surface area (Å²) in [5, 5.41) is 3.38. The van der Waals surface area contributed by atoms with Crippen LogP contribution in [0.25, 0.3) is 0 Å². The van der Waals surface area contributed by atoms with E-state index in [2.05, 4.69) is 20.2 Å². The molecule has 1 aliphatic carbocycles. The van der Waals surface area contributed by atoms with Crippen LogP contribution in [0.15, 0.2) is 36.5 Å². The summed E-state index contributed by atoms with van der Waals surface area (Å²) in [6.07, 6.45) is 7.67. The summed E-state index contributed by atoms with van der Waals surface area (Å²) in [7, 11) is 0. The van der Waals surface area contributed by atoms with Crippen molar-refractivity contribution >= 4 is 17.5 Å². The van der Waals surface area contributed by atoms with Crippen molar-refractivity contribution in [3.05, 3.63) is 48.0 Å². The topological polar surface area (TPSA) is 61.4 Å². The van der Waals surface area contributed by atoms with Crippen molar-refractivity contribution in [2.45, 2.75) is 38.1 Å². The number of carbonyl (C=O) groups is 1. The maximum atomic E-state index is 13.1. The number of rotatable bonds is 4. The predicted molar refractivity (Wildman–Crippen MR) is 107 cm³/mol. The first-order valence-corrected chi connectivity index (χ1v) is 10.1. The van der Waals surface area contributed by atoms with Crippen LogP contribution in [-0.2, 0) is 0 Å². The van der Waals surface area contributed by atoms with Crippen LogP contribution < -0.4 is 10.2 Å². The third-order valence-corrected chi connectivity index (χ3v) is 5.57. The lowest BCUT2D eigenvalue weighted by molar-refractivity contribution is 0.0741. The van der Waals surface area contributed by atoms with Gasteiger partial charge in [0.25, 0.3) is 5.91 Å². The van der Waals surface area contributed by atoms with E-state index in [9.17, 15) is 9.18 Å². The van der Waals surface area contributed by atoms with Crippen LogP contribution in [0.2, 0.25) is 0 Å². The Balaban J connectivity index is 1.35. The molecule has 1 aromatic heterocycles. The lowest BCUT2D eigenvalue weighted by Crippen LogP contribution is -2.49. The number of nitrogens with one attached hydrogen (secondary N) is 1. The van der Waals surface area contributed by atoms with Crippen molar-refractivity contribution in [3.63, 3.8) is 0 Å². The van der Waals surface area contributed by atoms with Gasteiger partial charge >= 0.3 is 0 Å². The molecule has 1 aliphatic heterocycles. The predicted octanol–water partition coefficient (Wildman–Crippen LogP) is 3.32. The van der Waals surface area contributed by atoms with Gasteiger partial charge in [-0.15, -0.1) is 0 Å². The van der Waals surface area contributed by atoms with Crippen molar-refractivity contribution in [1.29, 1.82) is 0 Å². The molecule has 28 heavy (non-hydrogen) atoms. The lowest BCUT2D eigenvalue weighted by atomic mass is 9.96. The monoisotopic (exact) mass is 383 g/mol. The molecule has 2 heterocycles. The van der Waals surface area contributed by atoms with Crippen LogP contribution in [0.4, 0.5) is 16.0 Å². The third-order valence-electron chi connectivity index (χ3n) is 5.57. The summed E-state index contributed by atoms with van der Waals surface area (Å²) < 4.78 is 13.1. The molecule has 7 heteroatoms.